The molecule has 0 bridgehead atoms. The SMILES string of the molecule is COc1ccc2c(CN3C(=O)C(C)N(c4ccccc4)C3=O)cc(=O)oc2c1. The number of urea groups is 1. The number of hydrogen-bond donors (Lipinski definition) is 0. The molecule has 4 rings (SSSR count). The lowest BCUT2D eigenvalue weighted by Gasteiger charge is -2.19. The van der Waals surface area contributed by atoms with E-state index in [0.29, 0.717) is 28.0 Å². The first-order valence-electron chi connectivity index (χ1n) is 8.80. The third-order valence-corrected chi connectivity index (χ3v) is 4.85. The second kappa shape index (κ2) is 6.84. The molecule has 0 aliphatic carbocycles. The summed E-state index contributed by atoms with van der Waals surface area (Å²) in [4.78, 5) is 40.3. The van der Waals surface area contributed by atoms with Gasteiger partial charge in [0.05, 0.1) is 13.7 Å². The Bertz CT molecular complexity index is 1120. The van der Waals surface area contributed by atoms with Crippen LogP contribution in [0.2, 0.25) is 0 Å². The number of carbonyl (C=O) groups excluding carboxylic acids is 2. The number of amides is 3. The van der Waals surface area contributed by atoms with E-state index in [1.807, 2.05) is 18.2 Å². The van der Waals surface area contributed by atoms with Gasteiger partial charge in [-0.15, -0.1) is 0 Å². The van der Waals surface area contributed by atoms with Crippen LogP contribution >= 0.6 is 0 Å². The van der Waals surface area contributed by atoms with Crippen LogP contribution in [0.4, 0.5) is 10.5 Å². The molecule has 1 fully saturated rings. The average molecular weight is 378 g/mol. The molecule has 3 amide bonds. The summed E-state index contributed by atoms with van der Waals surface area (Å²) in [7, 11) is 1.52. The Balaban J connectivity index is 1.72. The van der Waals surface area contributed by atoms with Crippen LogP contribution in [0.5, 0.6) is 5.75 Å². The summed E-state index contributed by atoms with van der Waals surface area (Å²) < 4.78 is 10.4. The van der Waals surface area contributed by atoms with Crippen LogP contribution in [0.3, 0.4) is 0 Å². The van der Waals surface area contributed by atoms with Crippen LogP contribution in [0.1, 0.15) is 12.5 Å². The molecule has 1 aliphatic rings. The molecule has 0 N–H and O–H groups in total. The van der Waals surface area contributed by atoms with Crippen molar-refractivity contribution in [3.05, 3.63) is 70.6 Å². The number of benzene rings is 2. The highest BCUT2D eigenvalue weighted by molar-refractivity contribution is 6.14. The molecule has 7 nitrogen and oxygen atoms in total. The monoisotopic (exact) mass is 378 g/mol. The molecule has 3 aromatic rings. The van der Waals surface area contributed by atoms with Crippen molar-refractivity contribution in [2.75, 3.05) is 12.0 Å². The zero-order valence-corrected chi connectivity index (χ0v) is 15.4. The predicted octanol–water partition coefficient (Wildman–Crippen LogP) is 3.16. The van der Waals surface area contributed by atoms with Gasteiger partial charge in [-0.3, -0.25) is 14.6 Å². The number of anilines is 1. The Hall–Kier alpha value is -3.61. The van der Waals surface area contributed by atoms with Gasteiger partial charge in [0, 0.05) is 23.2 Å². The summed E-state index contributed by atoms with van der Waals surface area (Å²) in [5.74, 6) is 0.230. The molecule has 2 heterocycles. The van der Waals surface area contributed by atoms with Gasteiger partial charge in [-0.25, -0.2) is 9.59 Å². The van der Waals surface area contributed by atoms with E-state index in [1.54, 1.807) is 37.3 Å². The zero-order chi connectivity index (χ0) is 19.8. The van der Waals surface area contributed by atoms with Gasteiger partial charge in [0.15, 0.2) is 0 Å². The lowest BCUT2D eigenvalue weighted by molar-refractivity contribution is -0.127. The summed E-state index contributed by atoms with van der Waals surface area (Å²) in [6.45, 7) is 1.68. The van der Waals surface area contributed by atoms with Crippen molar-refractivity contribution in [1.82, 2.24) is 4.90 Å². The Labute approximate surface area is 160 Å². The number of fused-ring (bicyclic) bond motifs is 1. The maximum atomic E-state index is 13.0. The summed E-state index contributed by atoms with van der Waals surface area (Å²) in [6, 6.07) is 14.4. The maximum absolute atomic E-state index is 13.0. The van der Waals surface area contributed by atoms with Gasteiger partial charge < -0.3 is 9.15 Å². The third-order valence-electron chi connectivity index (χ3n) is 4.85. The van der Waals surface area contributed by atoms with Crippen LogP contribution in [-0.4, -0.2) is 30.0 Å². The fourth-order valence-electron chi connectivity index (χ4n) is 3.43. The second-order valence-corrected chi connectivity index (χ2v) is 6.54. The largest absolute Gasteiger partial charge is 0.497 e. The molecular formula is C21H18N2O5. The molecule has 2 aromatic carbocycles. The molecule has 0 spiro atoms. The highest BCUT2D eigenvalue weighted by atomic mass is 16.5. The van der Waals surface area contributed by atoms with Gasteiger partial charge >= 0.3 is 11.7 Å². The molecule has 0 radical (unpaired) electrons. The van der Waals surface area contributed by atoms with E-state index in [0.717, 1.165) is 4.90 Å². The van der Waals surface area contributed by atoms with Gasteiger partial charge in [-0.2, -0.15) is 0 Å². The quantitative estimate of drug-likeness (QED) is 0.515. The fourth-order valence-corrected chi connectivity index (χ4v) is 3.43. The van der Waals surface area contributed by atoms with Crippen molar-refractivity contribution in [2.24, 2.45) is 0 Å². The van der Waals surface area contributed by atoms with Crippen LogP contribution in [0.15, 0.2) is 63.8 Å². The van der Waals surface area contributed by atoms with Gasteiger partial charge in [-0.05, 0) is 36.8 Å². The minimum Gasteiger partial charge on any atom is -0.497 e. The van der Waals surface area contributed by atoms with Crippen molar-refractivity contribution >= 4 is 28.6 Å². The molecule has 1 unspecified atom stereocenters. The summed E-state index contributed by atoms with van der Waals surface area (Å²) in [5, 5.41) is 0.645. The number of carbonyl (C=O) groups is 2. The zero-order valence-electron chi connectivity index (χ0n) is 15.4. The van der Waals surface area contributed by atoms with Crippen LogP contribution in [0, 0.1) is 0 Å². The Morgan fingerprint density at radius 1 is 1.04 bits per heavy atom. The van der Waals surface area contributed by atoms with E-state index in [2.05, 4.69) is 0 Å². The predicted molar refractivity (Wildman–Crippen MR) is 103 cm³/mol. The lowest BCUT2D eigenvalue weighted by atomic mass is 10.1. The number of hydrogen-bond acceptors (Lipinski definition) is 5. The number of imide groups is 1. The van der Waals surface area contributed by atoms with Crippen LogP contribution in [-0.2, 0) is 11.3 Å². The number of methoxy groups -OCH3 is 1. The molecule has 28 heavy (non-hydrogen) atoms. The molecule has 7 heteroatoms. The summed E-state index contributed by atoms with van der Waals surface area (Å²) in [6.07, 6.45) is 0. The molecular weight excluding hydrogens is 360 g/mol. The average Bonchev–Trinajstić information content (AvgIpc) is 2.91. The highest BCUT2D eigenvalue weighted by Crippen LogP contribution is 2.29. The Morgan fingerprint density at radius 2 is 1.79 bits per heavy atom. The Morgan fingerprint density at radius 3 is 2.50 bits per heavy atom. The molecule has 1 aromatic heterocycles. The second-order valence-electron chi connectivity index (χ2n) is 6.54. The molecule has 1 saturated heterocycles. The van der Waals surface area contributed by atoms with Crippen molar-refractivity contribution in [2.45, 2.75) is 19.5 Å². The standard InChI is InChI=1S/C21H18N2O5/c1-13-20(25)22(21(26)23(13)15-6-4-3-5-7-15)12-14-10-19(24)28-18-11-16(27-2)8-9-17(14)18/h3-11,13H,12H2,1-2H3. The van der Waals surface area contributed by atoms with Crippen LogP contribution in [0.25, 0.3) is 11.0 Å². The number of para-hydroxylation sites is 1. The highest BCUT2D eigenvalue weighted by Gasteiger charge is 2.43. The summed E-state index contributed by atoms with van der Waals surface area (Å²) >= 11 is 0. The van der Waals surface area contributed by atoms with Gasteiger partial charge in [0.2, 0.25) is 0 Å². The third kappa shape index (κ3) is 2.90. The van der Waals surface area contributed by atoms with Gasteiger partial charge in [-0.1, -0.05) is 18.2 Å². The lowest BCUT2D eigenvalue weighted by Crippen LogP contribution is -2.33. The minimum atomic E-state index is -0.624. The number of ether oxygens (including phenoxy) is 1. The molecule has 0 saturated carbocycles. The van der Waals surface area contributed by atoms with Crippen molar-refractivity contribution in [3.63, 3.8) is 0 Å². The van der Waals surface area contributed by atoms with Crippen molar-refractivity contribution < 1.29 is 18.7 Å². The Kier molecular flexibility index (Phi) is 4.35. The first-order valence-corrected chi connectivity index (χ1v) is 8.80. The topological polar surface area (TPSA) is 80.1 Å². The summed E-state index contributed by atoms with van der Waals surface area (Å²) in [5.41, 5.74) is 0.979. The van der Waals surface area contributed by atoms with E-state index in [4.69, 9.17) is 9.15 Å². The molecule has 1 aliphatic heterocycles. The van der Waals surface area contributed by atoms with Gasteiger partial charge in [0.25, 0.3) is 5.91 Å². The minimum absolute atomic E-state index is 0.0141. The molecule has 142 valence electrons. The first-order chi connectivity index (χ1) is 13.5. The molecule has 1 atom stereocenters. The van der Waals surface area contributed by atoms with E-state index in [-0.39, 0.29) is 12.5 Å². The van der Waals surface area contributed by atoms with E-state index < -0.39 is 17.7 Å². The maximum Gasteiger partial charge on any atom is 0.336 e. The van der Waals surface area contributed by atoms with E-state index >= 15 is 0 Å². The number of rotatable bonds is 4. The van der Waals surface area contributed by atoms with Crippen LogP contribution < -0.4 is 15.3 Å². The van der Waals surface area contributed by atoms with Crippen molar-refractivity contribution in [3.8, 4) is 5.75 Å². The fraction of sp³-hybridized carbons (Fsp3) is 0.190. The van der Waals surface area contributed by atoms with Gasteiger partial charge in [0.1, 0.15) is 17.4 Å². The smallest absolute Gasteiger partial charge is 0.336 e. The van der Waals surface area contributed by atoms with Crippen molar-refractivity contribution in [1.29, 1.82) is 0 Å². The number of nitrogens with zero attached hydrogens (tertiary/aromatic N) is 2. The normalized spacial score (nSPS) is 16.9. The van der Waals surface area contributed by atoms with E-state index in [9.17, 15) is 14.4 Å². The first kappa shape index (κ1) is 17.8. The van der Waals surface area contributed by atoms with E-state index in [1.165, 1.54) is 18.1 Å².